The molecule has 0 aromatic carbocycles. The van der Waals surface area contributed by atoms with Crippen molar-refractivity contribution in [3.05, 3.63) is 23.2 Å². The highest BCUT2D eigenvalue weighted by Gasteiger charge is 2.34. The summed E-state index contributed by atoms with van der Waals surface area (Å²) in [6, 6.07) is 2.07. The zero-order valence-corrected chi connectivity index (χ0v) is 14.5. The highest BCUT2D eigenvalue weighted by atomic mass is 32.2. The fraction of sp³-hybridized carbons (Fsp3) is 0.688. The molecule has 23 heavy (non-hydrogen) atoms. The molecule has 0 aliphatic carbocycles. The minimum atomic E-state index is -2.84. The van der Waals surface area contributed by atoms with Crippen molar-refractivity contribution >= 4 is 15.7 Å². The molecule has 0 radical (unpaired) electrons. The Morgan fingerprint density at radius 3 is 2.48 bits per heavy atom. The van der Waals surface area contributed by atoms with Gasteiger partial charge in [-0.05, 0) is 39.2 Å². The molecule has 3 rings (SSSR count). The van der Waals surface area contributed by atoms with Crippen LogP contribution in [0.4, 0.5) is 0 Å². The fourth-order valence-corrected chi connectivity index (χ4v) is 5.35. The number of likely N-dealkylation sites (tertiary alicyclic amines) is 1. The maximum atomic E-state index is 12.3. The van der Waals surface area contributed by atoms with E-state index < -0.39 is 9.84 Å². The maximum absolute atomic E-state index is 12.3. The van der Waals surface area contributed by atoms with Crippen LogP contribution in [-0.2, 0) is 9.84 Å². The van der Waals surface area contributed by atoms with Gasteiger partial charge in [-0.3, -0.25) is 9.69 Å². The van der Waals surface area contributed by atoms with Crippen LogP contribution in [0.2, 0.25) is 0 Å². The number of amides is 1. The van der Waals surface area contributed by atoms with E-state index in [4.69, 9.17) is 4.42 Å². The molecule has 1 aromatic rings. The van der Waals surface area contributed by atoms with Crippen LogP contribution in [0, 0.1) is 13.8 Å². The van der Waals surface area contributed by atoms with Crippen LogP contribution in [0.15, 0.2) is 10.5 Å². The molecule has 0 spiro atoms. The van der Waals surface area contributed by atoms with Crippen molar-refractivity contribution in [3.63, 3.8) is 0 Å². The van der Waals surface area contributed by atoms with Gasteiger partial charge in [-0.25, -0.2) is 8.42 Å². The SMILES string of the molecule is Cc1cc(C(=O)NC2CCN([C@@H]3CCS(=O)(=O)C3)CC2)c(C)o1. The second-order valence-corrected chi connectivity index (χ2v) is 8.90. The van der Waals surface area contributed by atoms with Gasteiger partial charge in [-0.1, -0.05) is 0 Å². The van der Waals surface area contributed by atoms with Gasteiger partial charge in [0.25, 0.3) is 5.91 Å². The van der Waals surface area contributed by atoms with Gasteiger partial charge in [0.1, 0.15) is 11.5 Å². The summed E-state index contributed by atoms with van der Waals surface area (Å²) < 4.78 is 28.6. The number of nitrogens with zero attached hydrogens (tertiary/aromatic N) is 1. The monoisotopic (exact) mass is 340 g/mol. The molecule has 2 saturated heterocycles. The Bertz CT molecular complexity index is 687. The molecule has 3 heterocycles. The molecule has 2 aliphatic rings. The highest BCUT2D eigenvalue weighted by Crippen LogP contribution is 2.22. The summed E-state index contributed by atoms with van der Waals surface area (Å²) in [6.45, 7) is 5.31. The van der Waals surface area contributed by atoms with Gasteiger partial charge >= 0.3 is 0 Å². The van der Waals surface area contributed by atoms with Crippen LogP contribution in [0.25, 0.3) is 0 Å². The number of aryl methyl sites for hydroxylation is 2. The molecule has 0 unspecified atom stereocenters. The number of sulfone groups is 1. The first-order valence-electron chi connectivity index (χ1n) is 8.16. The number of hydrogen-bond acceptors (Lipinski definition) is 5. The third kappa shape index (κ3) is 3.77. The lowest BCUT2D eigenvalue weighted by Gasteiger charge is -2.35. The number of carbonyl (C=O) groups excluding carboxylic acids is 1. The predicted octanol–water partition coefficient (Wildman–Crippen LogP) is 1.28. The summed E-state index contributed by atoms with van der Waals surface area (Å²) >= 11 is 0. The quantitative estimate of drug-likeness (QED) is 0.896. The molecular formula is C16H24N2O4S. The van der Waals surface area contributed by atoms with Gasteiger partial charge in [0.05, 0.1) is 17.1 Å². The summed E-state index contributed by atoms with van der Waals surface area (Å²) in [6.07, 6.45) is 2.46. The number of rotatable bonds is 3. The van der Waals surface area contributed by atoms with Crippen LogP contribution in [0.1, 0.15) is 41.1 Å². The lowest BCUT2D eigenvalue weighted by Crippen LogP contribution is -2.48. The first kappa shape index (κ1) is 16.5. The topological polar surface area (TPSA) is 79.6 Å². The first-order valence-corrected chi connectivity index (χ1v) is 9.98. The molecule has 0 bridgehead atoms. The van der Waals surface area contributed by atoms with Crippen molar-refractivity contribution in [2.24, 2.45) is 0 Å². The molecule has 1 aromatic heterocycles. The van der Waals surface area contributed by atoms with E-state index in [1.165, 1.54) is 0 Å². The Morgan fingerprint density at radius 1 is 1.26 bits per heavy atom. The molecule has 6 nitrogen and oxygen atoms in total. The molecule has 2 aliphatic heterocycles. The van der Waals surface area contributed by atoms with Crippen LogP contribution >= 0.6 is 0 Å². The van der Waals surface area contributed by atoms with E-state index in [0.717, 1.165) is 38.1 Å². The maximum Gasteiger partial charge on any atom is 0.255 e. The molecule has 1 atom stereocenters. The van der Waals surface area contributed by atoms with Crippen molar-refractivity contribution < 1.29 is 17.6 Å². The Balaban J connectivity index is 1.51. The average Bonchev–Trinajstić information content (AvgIpc) is 3.01. The first-order chi connectivity index (χ1) is 10.8. The van der Waals surface area contributed by atoms with Gasteiger partial charge in [-0.15, -0.1) is 0 Å². The van der Waals surface area contributed by atoms with E-state index in [9.17, 15) is 13.2 Å². The van der Waals surface area contributed by atoms with Gasteiger partial charge in [0.2, 0.25) is 0 Å². The smallest absolute Gasteiger partial charge is 0.255 e. The third-order valence-electron chi connectivity index (χ3n) is 4.88. The summed E-state index contributed by atoms with van der Waals surface area (Å²) in [5.41, 5.74) is 0.604. The van der Waals surface area contributed by atoms with Crippen molar-refractivity contribution in [2.45, 2.75) is 45.2 Å². The van der Waals surface area contributed by atoms with Crippen molar-refractivity contribution in [1.29, 1.82) is 0 Å². The number of carbonyl (C=O) groups is 1. The van der Waals surface area contributed by atoms with Crippen LogP contribution < -0.4 is 5.32 Å². The summed E-state index contributed by atoms with van der Waals surface area (Å²) in [7, 11) is -2.84. The lowest BCUT2D eigenvalue weighted by molar-refractivity contribution is 0.0896. The molecule has 1 N–H and O–H groups in total. The Kier molecular flexibility index (Phi) is 4.51. The normalized spacial score (nSPS) is 25.6. The number of piperidine rings is 1. The lowest BCUT2D eigenvalue weighted by atomic mass is 10.0. The standard InChI is InChI=1S/C16H24N2O4S/c1-11-9-15(12(2)22-11)16(19)17-13-3-6-18(7-4-13)14-5-8-23(20,21)10-14/h9,13-14H,3-8,10H2,1-2H3,(H,17,19)/t14-/m1/s1. The van der Waals surface area contributed by atoms with E-state index >= 15 is 0 Å². The molecular weight excluding hydrogens is 316 g/mol. The van der Waals surface area contributed by atoms with Gasteiger partial charge in [0.15, 0.2) is 9.84 Å². The summed E-state index contributed by atoms with van der Waals surface area (Å²) in [5.74, 6) is 1.91. The second kappa shape index (κ2) is 6.28. The number of furan rings is 1. The zero-order chi connectivity index (χ0) is 16.6. The number of hydrogen-bond donors (Lipinski definition) is 1. The predicted molar refractivity (Wildman–Crippen MR) is 87.3 cm³/mol. The minimum Gasteiger partial charge on any atom is -0.466 e. The van der Waals surface area contributed by atoms with E-state index in [0.29, 0.717) is 17.1 Å². The van der Waals surface area contributed by atoms with Gasteiger partial charge < -0.3 is 9.73 Å². The molecule has 1 amide bonds. The zero-order valence-electron chi connectivity index (χ0n) is 13.7. The summed E-state index contributed by atoms with van der Waals surface area (Å²) in [5, 5.41) is 3.07. The second-order valence-electron chi connectivity index (χ2n) is 6.67. The average molecular weight is 340 g/mol. The van der Waals surface area contributed by atoms with Crippen LogP contribution in [-0.4, -0.2) is 55.9 Å². The Morgan fingerprint density at radius 2 is 1.96 bits per heavy atom. The third-order valence-corrected chi connectivity index (χ3v) is 6.63. The largest absolute Gasteiger partial charge is 0.466 e. The molecule has 0 saturated carbocycles. The van der Waals surface area contributed by atoms with Gasteiger partial charge in [0, 0.05) is 25.2 Å². The van der Waals surface area contributed by atoms with E-state index in [1.54, 1.807) is 13.0 Å². The molecule has 128 valence electrons. The molecule has 7 heteroatoms. The minimum absolute atomic E-state index is 0.0822. The Labute approximate surface area is 137 Å². The van der Waals surface area contributed by atoms with Crippen LogP contribution in [0.5, 0.6) is 0 Å². The molecule has 2 fully saturated rings. The van der Waals surface area contributed by atoms with Gasteiger partial charge in [-0.2, -0.15) is 0 Å². The van der Waals surface area contributed by atoms with E-state index in [1.807, 2.05) is 6.92 Å². The fourth-order valence-electron chi connectivity index (χ4n) is 3.59. The van der Waals surface area contributed by atoms with Crippen LogP contribution in [0.3, 0.4) is 0 Å². The van der Waals surface area contributed by atoms with Crippen molar-refractivity contribution in [2.75, 3.05) is 24.6 Å². The van der Waals surface area contributed by atoms with E-state index in [-0.39, 0.29) is 23.7 Å². The van der Waals surface area contributed by atoms with Crippen molar-refractivity contribution in [1.82, 2.24) is 10.2 Å². The van der Waals surface area contributed by atoms with E-state index in [2.05, 4.69) is 10.2 Å². The highest BCUT2D eigenvalue weighted by molar-refractivity contribution is 7.91. The van der Waals surface area contributed by atoms with Crippen molar-refractivity contribution in [3.8, 4) is 0 Å². The Hall–Kier alpha value is -1.34. The summed E-state index contributed by atoms with van der Waals surface area (Å²) in [4.78, 5) is 14.6. The number of nitrogens with one attached hydrogen (secondary N) is 1.